The average molecular weight is 333 g/mol. The Labute approximate surface area is 120 Å². The summed E-state index contributed by atoms with van der Waals surface area (Å²) in [6.45, 7) is 4.23. The fraction of sp³-hybridized carbons (Fsp3) is 0.462. The predicted molar refractivity (Wildman–Crippen MR) is 76.4 cm³/mol. The van der Waals surface area contributed by atoms with Crippen LogP contribution in [0.2, 0.25) is 0 Å². The van der Waals surface area contributed by atoms with Crippen LogP contribution in [0.3, 0.4) is 0 Å². The quantitative estimate of drug-likeness (QED) is 0.813. The number of benzene rings is 1. The molecule has 1 aromatic rings. The molecule has 0 aromatic heterocycles. The molecule has 0 aliphatic rings. The van der Waals surface area contributed by atoms with Gasteiger partial charge in [0.1, 0.15) is 5.82 Å². The number of anilines is 1. The molecule has 1 amide bonds. The lowest BCUT2D eigenvalue weighted by molar-refractivity contribution is 0.0692. The molecule has 0 saturated heterocycles. The molecule has 0 unspecified atom stereocenters. The van der Waals surface area contributed by atoms with Gasteiger partial charge in [-0.25, -0.2) is 4.39 Å². The van der Waals surface area contributed by atoms with Gasteiger partial charge in [0.05, 0.1) is 11.3 Å². The Morgan fingerprint density at radius 2 is 2.16 bits per heavy atom. The summed E-state index contributed by atoms with van der Waals surface area (Å²) in [7, 11) is 0. The SMILES string of the molecule is CC(C)N(CCCO)C(=O)c1cc(N)c(F)cc1Br. The standard InChI is InChI=1S/C13H18BrFN2O2/c1-8(2)17(4-3-5-18)13(19)9-6-12(16)11(15)7-10(9)14/h6-8,18H,3-5,16H2,1-2H3. The zero-order valence-electron chi connectivity index (χ0n) is 11.0. The summed E-state index contributed by atoms with van der Waals surface area (Å²) >= 11 is 3.18. The number of rotatable bonds is 5. The Morgan fingerprint density at radius 3 is 2.68 bits per heavy atom. The first kappa shape index (κ1) is 15.9. The molecule has 0 aliphatic heterocycles. The summed E-state index contributed by atoms with van der Waals surface area (Å²) in [6.07, 6.45) is 0.498. The number of aliphatic hydroxyl groups excluding tert-OH is 1. The first-order valence-corrected chi connectivity index (χ1v) is 6.84. The molecule has 106 valence electrons. The zero-order valence-corrected chi connectivity index (χ0v) is 12.6. The smallest absolute Gasteiger partial charge is 0.255 e. The van der Waals surface area contributed by atoms with Gasteiger partial charge >= 0.3 is 0 Å². The van der Waals surface area contributed by atoms with Crippen molar-refractivity contribution in [3.8, 4) is 0 Å². The van der Waals surface area contributed by atoms with Crippen LogP contribution in [0, 0.1) is 5.82 Å². The van der Waals surface area contributed by atoms with E-state index in [0.29, 0.717) is 23.0 Å². The second kappa shape index (κ2) is 6.86. The maximum atomic E-state index is 13.3. The predicted octanol–water partition coefficient (Wildman–Crippen LogP) is 2.40. The molecule has 19 heavy (non-hydrogen) atoms. The van der Waals surface area contributed by atoms with Crippen molar-refractivity contribution in [2.24, 2.45) is 0 Å². The Morgan fingerprint density at radius 1 is 1.53 bits per heavy atom. The summed E-state index contributed by atoms with van der Waals surface area (Å²) in [5.74, 6) is -0.795. The third kappa shape index (κ3) is 3.91. The van der Waals surface area contributed by atoms with Crippen molar-refractivity contribution >= 4 is 27.5 Å². The molecular weight excluding hydrogens is 315 g/mol. The van der Waals surface area contributed by atoms with Gasteiger partial charge in [0.2, 0.25) is 0 Å². The van der Waals surface area contributed by atoms with E-state index >= 15 is 0 Å². The van der Waals surface area contributed by atoms with E-state index in [2.05, 4.69) is 15.9 Å². The van der Waals surface area contributed by atoms with Gasteiger partial charge in [-0.05, 0) is 48.3 Å². The summed E-state index contributed by atoms with van der Waals surface area (Å²) < 4.78 is 13.6. The van der Waals surface area contributed by atoms with E-state index in [4.69, 9.17) is 10.8 Å². The highest BCUT2D eigenvalue weighted by atomic mass is 79.9. The Kier molecular flexibility index (Phi) is 5.75. The van der Waals surface area contributed by atoms with Crippen LogP contribution in [0.5, 0.6) is 0 Å². The Bertz CT molecular complexity index is 466. The van der Waals surface area contributed by atoms with E-state index in [1.54, 1.807) is 4.90 Å². The second-order valence-corrected chi connectivity index (χ2v) is 5.38. The van der Waals surface area contributed by atoms with Gasteiger partial charge in [0, 0.05) is 23.7 Å². The fourth-order valence-electron chi connectivity index (χ4n) is 1.72. The van der Waals surface area contributed by atoms with Crippen LogP contribution in [-0.4, -0.2) is 35.1 Å². The van der Waals surface area contributed by atoms with Crippen molar-refractivity contribution in [2.75, 3.05) is 18.9 Å². The van der Waals surface area contributed by atoms with E-state index in [0.717, 1.165) is 0 Å². The number of hydrogen-bond donors (Lipinski definition) is 2. The number of nitrogen functional groups attached to an aromatic ring is 1. The molecule has 0 aliphatic carbocycles. The van der Waals surface area contributed by atoms with Gasteiger partial charge in [0.15, 0.2) is 0 Å². The summed E-state index contributed by atoms with van der Waals surface area (Å²) in [5.41, 5.74) is 5.76. The molecule has 0 radical (unpaired) electrons. The third-order valence-corrected chi connectivity index (χ3v) is 3.41. The Hall–Kier alpha value is -1.14. The molecule has 0 bridgehead atoms. The first-order chi connectivity index (χ1) is 8.88. The van der Waals surface area contributed by atoms with Gasteiger partial charge in [-0.3, -0.25) is 4.79 Å². The van der Waals surface area contributed by atoms with Crippen LogP contribution in [0.25, 0.3) is 0 Å². The van der Waals surface area contributed by atoms with Gasteiger partial charge in [-0.15, -0.1) is 0 Å². The first-order valence-electron chi connectivity index (χ1n) is 6.04. The van der Waals surface area contributed by atoms with Crippen LogP contribution in [0.1, 0.15) is 30.6 Å². The van der Waals surface area contributed by atoms with E-state index in [9.17, 15) is 9.18 Å². The summed E-state index contributed by atoms with van der Waals surface area (Å²) in [6, 6.07) is 2.50. The highest BCUT2D eigenvalue weighted by Crippen LogP contribution is 2.24. The molecule has 0 heterocycles. The monoisotopic (exact) mass is 332 g/mol. The van der Waals surface area contributed by atoms with Gasteiger partial charge in [0.25, 0.3) is 5.91 Å². The van der Waals surface area contributed by atoms with Crippen LogP contribution in [0.4, 0.5) is 10.1 Å². The maximum Gasteiger partial charge on any atom is 0.255 e. The molecule has 3 N–H and O–H groups in total. The van der Waals surface area contributed by atoms with E-state index in [1.165, 1.54) is 12.1 Å². The van der Waals surface area contributed by atoms with Gasteiger partial charge < -0.3 is 15.7 Å². The number of hydrogen-bond acceptors (Lipinski definition) is 3. The number of halogens is 2. The molecule has 1 rings (SSSR count). The van der Waals surface area contributed by atoms with Gasteiger partial charge in [-0.2, -0.15) is 0 Å². The number of carbonyl (C=O) groups excluding carboxylic acids is 1. The van der Waals surface area contributed by atoms with Crippen molar-refractivity contribution < 1.29 is 14.3 Å². The van der Waals surface area contributed by atoms with Crippen molar-refractivity contribution in [1.29, 1.82) is 0 Å². The molecule has 1 aromatic carbocycles. The van der Waals surface area contributed by atoms with Crippen molar-refractivity contribution in [3.05, 3.63) is 28.0 Å². The Balaban J connectivity index is 3.06. The van der Waals surface area contributed by atoms with Crippen LogP contribution in [0.15, 0.2) is 16.6 Å². The van der Waals surface area contributed by atoms with E-state index in [-0.39, 0.29) is 24.2 Å². The lowest BCUT2D eigenvalue weighted by Crippen LogP contribution is -2.38. The molecule has 4 nitrogen and oxygen atoms in total. The fourth-order valence-corrected chi connectivity index (χ4v) is 2.20. The molecular formula is C13H18BrFN2O2. The minimum Gasteiger partial charge on any atom is -0.396 e. The van der Waals surface area contributed by atoms with Crippen LogP contribution < -0.4 is 5.73 Å². The minimum atomic E-state index is -0.560. The molecule has 0 atom stereocenters. The molecule has 0 saturated carbocycles. The second-order valence-electron chi connectivity index (χ2n) is 4.52. The topological polar surface area (TPSA) is 66.6 Å². The third-order valence-electron chi connectivity index (χ3n) is 2.76. The highest BCUT2D eigenvalue weighted by molar-refractivity contribution is 9.10. The maximum absolute atomic E-state index is 13.3. The molecule has 0 fully saturated rings. The highest BCUT2D eigenvalue weighted by Gasteiger charge is 2.21. The zero-order chi connectivity index (χ0) is 14.6. The summed E-state index contributed by atoms with van der Waals surface area (Å²) in [4.78, 5) is 14.0. The number of amides is 1. The number of nitrogens with zero attached hydrogens (tertiary/aromatic N) is 1. The minimum absolute atomic E-state index is 0.0165. The molecule has 6 heteroatoms. The number of carbonyl (C=O) groups is 1. The number of nitrogens with two attached hydrogens (primary N) is 1. The average Bonchev–Trinajstić information content (AvgIpc) is 2.33. The lowest BCUT2D eigenvalue weighted by atomic mass is 10.1. The van der Waals surface area contributed by atoms with Crippen molar-refractivity contribution in [3.63, 3.8) is 0 Å². The van der Waals surface area contributed by atoms with Crippen LogP contribution in [-0.2, 0) is 0 Å². The number of aliphatic hydroxyl groups is 1. The van der Waals surface area contributed by atoms with Crippen LogP contribution >= 0.6 is 15.9 Å². The van der Waals surface area contributed by atoms with Crippen molar-refractivity contribution in [2.45, 2.75) is 26.3 Å². The summed E-state index contributed by atoms with van der Waals surface area (Å²) in [5, 5.41) is 8.87. The lowest BCUT2D eigenvalue weighted by Gasteiger charge is -2.27. The van der Waals surface area contributed by atoms with Gasteiger partial charge in [-0.1, -0.05) is 0 Å². The largest absolute Gasteiger partial charge is 0.396 e. The van der Waals surface area contributed by atoms with E-state index < -0.39 is 5.82 Å². The van der Waals surface area contributed by atoms with Crippen molar-refractivity contribution in [1.82, 2.24) is 4.90 Å². The molecule has 0 spiro atoms. The van der Waals surface area contributed by atoms with E-state index in [1.807, 2.05) is 13.8 Å². The normalized spacial score (nSPS) is 10.8.